The SMILES string of the molecule is Cc1cnn(-c2ccc(C(F)(F)F)cc2Br)c1. The van der Waals surface area contributed by atoms with E-state index in [-0.39, 0.29) is 0 Å². The highest BCUT2D eigenvalue weighted by Crippen LogP contribution is 2.33. The highest BCUT2D eigenvalue weighted by molar-refractivity contribution is 9.10. The Morgan fingerprint density at radius 3 is 2.47 bits per heavy atom. The number of hydrogen-bond donors (Lipinski definition) is 0. The van der Waals surface area contributed by atoms with E-state index in [9.17, 15) is 13.2 Å². The maximum atomic E-state index is 12.5. The Hall–Kier alpha value is -1.30. The normalized spacial score (nSPS) is 11.8. The van der Waals surface area contributed by atoms with Gasteiger partial charge in [-0.15, -0.1) is 0 Å². The molecule has 0 bridgehead atoms. The largest absolute Gasteiger partial charge is 0.416 e. The van der Waals surface area contributed by atoms with Crippen LogP contribution < -0.4 is 0 Å². The highest BCUT2D eigenvalue weighted by Gasteiger charge is 2.30. The Kier molecular flexibility index (Phi) is 2.99. The lowest BCUT2D eigenvalue weighted by molar-refractivity contribution is -0.137. The van der Waals surface area contributed by atoms with Gasteiger partial charge in [0.15, 0.2) is 0 Å². The van der Waals surface area contributed by atoms with Crippen LogP contribution in [-0.2, 0) is 6.18 Å². The molecule has 0 radical (unpaired) electrons. The third-order valence-corrected chi connectivity index (χ3v) is 2.87. The van der Waals surface area contributed by atoms with E-state index >= 15 is 0 Å². The van der Waals surface area contributed by atoms with Gasteiger partial charge in [0.05, 0.1) is 17.4 Å². The standard InChI is InChI=1S/C11H8BrF3N2/c1-7-5-16-17(6-7)10-3-2-8(4-9(10)12)11(13,14)15/h2-6H,1H3. The molecular formula is C11H8BrF3N2. The molecule has 0 spiro atoms. The number of aromatic nitrogens is 2. The number of alkyl halides is 3. The molecule has 0 aliphatic rings. The average molecular weight is 305 g/mol. The summed E-state index contributed by atoms with van der Waals surface area (Å²) >= 11 is 3.12. The molecule has 1 heterocycles. The lowest BCUT2D eigenvalue weighted by Crippen LogP contribution is -2.06. The first kappa shape index (κ1) is 12.2. The average Bonchev–Trinajstić information content (AvgIpc) is 2.63. The van der Waals surface area contributed by atoms with E-state index in [4.69, 9.17) is 0 Å². The second-order valence-corrected chi connectivity index (χ2v) is 4.48. The second kappa shape index (κ2) is 4.18. The van der Waals surface area contributed by atoms with E-state index in [1.54, 1.807) is 12.4 Å². The van der Waals surface area contributed by atoms with E-state index in [1.807, 2.05) is 6.92 Å². The van der Waals surface area contributed by atoms with Crippen molar-refractivity contribution in [2.45, 2.75) is 13.1 Å². The van der Waals surface area contributed by atoms with Gasteiger partial charge >= 0.3 is 6.18 Å². The van der Waals surface area contributed by atoms with Gasteiger partial charge in [0.25, 0.3) is 0 Å². The molecule has 0 fully saturated rings. The van der Waals surface area contributed by atoms with E-state index in [0.717, 1.165) is 17.7 Å². The van der Waals surface area contributed by atoms with Gasteiger partial charge in [-0.1, -0.05) is 0 Å². The number of hydrogen-bond acceptors (Lipinski definition) is 1. The summed E-state index contributed by atoms with van der Waals surface area (Å²) in [5.74, 6) is 0. The molecular weight excluding hydrogens is 297 g/mol. The smallest absolute Gasteiger partial charge is 0.240 e. The van der Waals surface area contributed by atoms with Crippen molar-refractivity contribution in [1.82, 2.24) is 9.78 Å². The summed E-state index contributed by atoms with van der Waals surface area (Å²) in [6.45, 7) is 1.86. The molecule has 0 amide bonds. The maximum absolute atomic E-state index is 12.5. The van der Waals surface area contributed by atoms with Crippen molar-refractivity contribution in [2.24, 2.45) is 0 Å². The fourth-order valence-electron chi connectivity index (χ4n) is 1.41. The molecule has 90 valence electrons. The van der Waals surface area contributed by atoms with Crippen molar-refractivity contribution in [3.63, 3.8) is 0 Å². The monoisotopic (exact) mass is 304 g/mol. The van der Waals surface area contributed by atoms with Gasteiger partial charge < -0.3 is 0 Å². The Morgan fingerprint density at radius 2 is 2.00 bits per heavy atom. The van der Waals surface area contributed by atoms with Crippen molar-refractivity contribution in [3.05, 3.63) is 46.2 Å². The van der Waals surface area contributed by atoms with E-state index in [1.165, 1.54) is 10.7 Å². The quantitative estimate of drug-likeness (QED) is 0.780. The van der Waals surface area contributed by atoms with Crippen LogP contribution in [0.25, 0.3) is 5.69 Å². The lowest BCUT2D eigenvalue weighted by Gasteiger charge is -2.10. The molecule has 1 aromatic heterocycles. The Labute approximate surface area is 104 Å². The maximum Gasteiger partial charge on any atom is 0.416 e. The second-order valence-electron chi connectivity index (χ2n) is 3.63. The van der Waals surface area contributed by atoms with Gasteiger partial charge in [-0.2, -0.15) is 18.3 Å². The van der Waals surface area contributed by atoms with Crippen LogP contribution in [0.2, 0.25) is 0 Å². The van der Waals surface area contributed by atoms with Gasteiger partial charge in [0.2, 0.25) is 0 Å². The number of halogens is 4. The van der Waals surface area contributed by atoms with Crippen LogP contribution in [0, 0.1) is 6.92 Å². The van der Waals surface area contributed by atoms with Crippen molar-refractivity contribution in [3.8, 4) is 5.69 Å². The summed E-state index contributed by atoms with van der Waals surface area (Å²) in [4.78, 5) is 0. The molecule has 2 rings (SSSR count). The molecule has 0 atom stereocenters. The van der Waals surface area contributed by atoms with Crippen molar-refractivity contribution >= 4 is 15.9 Å². The van der Waals surface area contributed by atoms with Crippen LogP contribution in [-0.4, -0.2) is 9.78 Å². The lowest BCUT2D eigenvalue weighted by atomic mass is 10.2. The molecule has 17 heavy (non-hydrogen) atoms. The zero-order valence-electron chi connectivity index (χ0n) is 8.79. The predicted octanol–water partition coefficient (Wildman–Crippen LogP) is 3.96. The molecule has 0 aliphatic carbocycles. The molecule has 2 nitrogen and oxygen atoms in total. The molecule has 1 aromatic carbocycles. The third-order valence-electron chi connectivity index (χ3n) is 2.23. The first-order valence-electron chi connectivity index (χ1n) is 4.76. The van der Waals surface area contributed by atoms with Gasteiger partial charge in [-0.05, 0) is 46.6 Å². The first-order valence-corrected chi connectivity index (χ1v) is 5.55. The van der Waals surface area contributed by atoms with Crippen LogP contribution in [0.5, 0.6) is 0 Å². The van der Waals surface area contributed by atoms with Crippen molar-refractivity contribution in [1.29, 1.82) is 0 Å². The molecule has 0 N–H and O–H groups in total. The summed E-state index contributed by atoms with van der Waals surface area (Å²) in [6.07, 6.45) is -0.946. The van der Waals surface area contributed by atoms with Crippen LogP contribution in [0.4, 0.5) is 13.2 Å². The molecule has 6 heteroatoms. The van der Waals surface area contributed by atoms with E-state index in [0.29, 0.717) is 10.2 Å². The Balaban J connectivity index is 2.45. The zero-order valence-corrected chi connectivity index (χ0v) is 10.4. The predicted molar refractivity (Wildman–Crippen MR) is 61.0 cm³/mol. The first-order chi connectivity index (χ1) is 7.88. The summed E-state index contributed by atoms with van der Waals surface area (Å²) in [6, 6.07) is 3.47. The van der Waals surface area contributed by atoms with Gasteiger partial charge in [-0.3, -0.25) is 0 Å². The zero-order chi connectivity index (χ0) is 12.6. The minimum atomic E-state index is -4.33. The molecule has 2 aromatic rings. The van der Waals surface area contributed by atoms with Crippen molar-refractivity contribution < 1.29 is 13.2 Å². The van der Waals surface area contributed by atoms with Gasteiger partial charge in [0, 0.05) is 10.7 Å². The highest BCUT2D eigenvalue weighted by atomic mass is 79.9. The molecule has 0 aliphatic heterocycles. The van der Waals surface area contributed by atoms with Crippen LogP contribution in [0.15, 0.2) is 35.1 Å². The number of benzene rings is 1. The minimum Gasteiger partial charge on any atom is -0.240 e. The summed E-state index contributed by atoms with van der Waals surface area (Å²) in [5.41, 5.74) is 0.833. The third kappa shape index (κ3) is 2.52. The van der Waals surface area contributed by atoms with Crippen LogP contribution >= 0.6 is 15.9 Å². The minimum absolute atomic E-state index is 0.357. The van der Waals surface area contributed by atoms with Crippen LogP contribution in [0.3, 0.4) is 0 Å². The van der Waals surface area contributed by atoms with E-state index < -0.39 is 11.7 Å². The number of rotatable bonds is 1. The van der Waals surface area contributed by atoms with E-state index in [2.05, 4.69) is 21.0 Å². The molecule has 0 saturated heterocycles. The number of nitrogens with zero attached hydrogens (tertiary/aromatic N) is 2. The van der Waals surface area contributed by atoms with Gasteiger partial charge in [0.1, 0.15) is 0 Å². The summed E-state index contributed by atoms with van der Waals surface area (Å²) in [5, 5.41) is 4.04. The fraction of sp³-hybridized carbons (Fsp3) is 0.182. The Bertz CT molecular complexity index is 546. The fourth-order valence-corrected chi connectivity index (χ4v) is 1.97. The Morgan fingerprint density at radius 1 is 1.29 bits per heavy atom. The molecule has 0 unspecified atom stereocenters. The summed E-state index contributed by atoms with van der Waals surface area (Å²) < 4.78 is 39.3. The van der Waals surface area contributed by atoms with Crippen molar-refractivity contribution in [2.75, 3.05) is 0 Å². The van der Waals surface area contributed by atoms with Gasteiger partial charge in [-0.25, -0.2) is 4.68 Å². The number of aryl methyl sites for hydroxylation is 1. The molecule has 0 saturated carbocycles. The topological polar surface area (TPSA) is 17.8 Å². The summed E-state index contributed by atoms with van der Waals surface area (Å²) in [7, 11) is 0. The van der Waals surface area contributed by atoms with Crippen LogP contribution in [0.1, 0.15) is 11.1 Å².